The Labute approximate surface area is 287 Å². The highest BCUT2D eigenvalue weighted by Crippen LogP contribution is 2.33. The summed E-state index contributed by atoms with van der Waals surface area (Å²) in [5, 5.41) is 23.7. The SMILES string of the molecule is CNC(C#N)=c1c2nc(-c3ccc(F)cc3)c(-c3ccc(F)cc3)nc2c(=C(N)C#N)c2nc(-c3ccc(F)cc3)c(-c3ccc(F)cc3)nc12. The van der Waals surface area contributed by atoms with E-state index in [9.17, 15) is 28.1 Å². The van der Waals surface area contributed by atoms with Gasteiger partial charge in [0.25, 0.3) is 0 Å². The van der Waals surface area contributed by atoms with E-state index in [1.54, 1.807) is 0 Å². The third kappa shape index (κ3) is 5.81. The number of rotatable bonds is 5. The summed E-state index contributed by atoms with van der Waals surface area (Å²) in [6.45, 7) is 0. The van der Waals surface area contributed by atoms with Crippen LogP contribution < -0.4 is 21.5 Å². The summed E-state index contributed by atoms with van der Waals surface area (Å²) in [4.78, 5) is 19.9. The Morgan fingerprint density at radius 2 is 0.765 bits per heavy atom. The number of hydrogen-bond acceptors (Lipinski definition) is 8. The van der Waals surface area contributed by atoms with E-state index in [-0.39, 0.29) is 66.7 Å². The molecule has 2 heterocycles. The van der Waals surface area contributed by atoms with Crippen molar-refractivity contribution in [1.82, 2.24) is 25.3 Å². The largest absolute Gasteiger partial charge is 0.390 e. The van der Waals surface area contributed by atoms with Gasteiger partial charge in [-0.25, -0.2) is 37.5 Å². The Morgan fingerprint density at radius 3 is 1.00 bits per heavy atom. The second-order valence-corrected chi connectivity index (χ2v) is 11.3. The third-order valence-electron chi connectivity index (χ3n) is 8.21. The number of nitrogens with two attached hydrogens (primary N) is 1. The van der Waals surface area contributed by atoms with Crippen LogP contribution in [0.4, 0.5) is 17.6 Å². The van der Waals surface area contributed by atoms with Crippen LogP contribution in [-0.4, -0.2) is 27.0 Å². The average molecular weight is 679 g/mol. The molecule has 0 spiro atoms. The van der Waals surface area contributed by atoms with E-state index in [1.807, 2.05) is 6.07 Å². The van der Waals surface area contributed by atoms with Gasteiger partial charge in [0.1, 0.15) is 68.9 Å². The molecule has 7 rings (SSSR count). The van der Waals surface area contributed by atoms with E-state index >= 15 is 0 Å². The first kappa shape index (κ1) is 32.4. The number of aromatic nitrogens is 4. The maximum Gasteiger partial charge on any atom is 0.125 e. The summed E-state index contributed by atoms with van der Waals surface area (Å²) in [5.74, 6) is -1.96. The van der Waals surface area contributed by atoms with Crippen LogP contribution in [0.15, 0.2) is 97.1 Å². The highest BCUT2D eigenvalue weighted by molar-refractivity contribution is 6.01. The molecule has 3 N–H and O–H groups in total. The van der Waals surface area contributed by atoms with Gasteiger partial charge in [0.15, 0.2) is 0 Å². The molecule has 2 aromatic heterocycles. The molecule has 0 saturated carbocycles. The van der Waals surface area contributed by atoms with E-state index in [2.05, 4.69) is 11.4 Å². The van der Waals surface area contributed by atoms with Crippen LogP contribution in [0, 0.1) is 45.9 Å². The van der Waals surface area contributed by atoms with Crippen molar-refractivity contribution in [3.8, 4) is 57.2 Å². The maximum absolute atomic E-state index is 14.1. The lowest BCUT2D eigenvalue weighted by molar-refractivity contribution is 0.627. The molecule has 0 bridgehead atoms. The standard InChI is InChI=1S/C39H22F4N8/c1-47-29(19-45)31-38-36(48-32(20-2-10-24(40)11-3-20)34(50-38)22-6-14-26(42)15-7-22)30(28(46)18-44)37-39(31)51-35(23-8-16-27(43)17-9-23)33(49-37)21-4-12-25(41)13-5-21/h2-17,47H,46H2,1H3. The molecule has 0 aliphatic rings. The van der Waals surface area contributed by atoms with Crippen LogP contribution in [0.3, 0.4) is 0 Å². The number of nitrogens with one attached hydrogen (secondary N) is 1. The van der Waals surface area contributed by atoms with Gasteiger partial charge in [-0.1, -0.05) is 0 Å². The Hall–Kier alpha value is -7.18. The third-order valence-corrected chi connectivity index (χ3v) is 8.21. The number of nitrogens with zero attached hydrogens (tertiary/aromatic N) is 6. The Balaban J connectivity index is 1.76. The fourth-order valence-electron chi connectivity index (χ4n) is 5.81. The van der Waals surface area contributed by atoms with Gasteiger partial charge in [0, 0.05) is 29.3 Å². The molecule has 0 aliphatic carbocycles. The van der Waals surface area contributed by atoms with Crippen LogP contribution in [0.5, 0.6) is 0 Å². The predicted molar refractivity (Wildman–Crippen MR) is 185 cm³/mol. The van der Waals surface area contributed by atoms with Crippen molar-refractivity contribution in [2.75, 3.05) is 7.05 Å². The van der Waals surface area contributed by atoms with Crippen molar-refractivity contribution in [2.24, 2.45) is 5.73 Å². The van der Waals surface area contributed by atoms with Crippen LogP contribution in [-0.2, 0) is 0 Å². The predicted octanol–water partition coefficient (Wildman–Crippen LogP) is 6.24. The molecule has 0 saturated heterocycles. The van der Waals surface area contributed by atoms with Gasteiger partial charge in [-0.05, 0) is 97.1 Å². The van der Waals surface area contributed by atoms with Crippen LogP contribution in [0.1, 0.15) is 0 Å². The van der Waals surface area contributed by atoms with Crippen molar-refractivity contribution in [2.45, 2.75) is 0 Å². The molecule has 0 aliphatic heterocycles. The molecule has 246 valence electrons. The van der Waals surface area contributed by atoms with Crippen LogP contribution >= 0.6 is 0 Å². The Morgan fingerprint density at radius 1 is 0.490 bits per heavy atom. The monoisotopic (exact) mass is 678 g/mol. The average Bonchev–Trinajstić information content (AvgIpc) is 3.15. The minimum Gasteiger partial charge on any atom is -0.390 e. The second-order valence-electron chi connectivity index (χ2n) is 11.3. The molecule has 0 radical (unpaired) electrons. The molecule has 5 aromatic carbocycles. The van der Waals surface area contributed by atoms with Gasteiger partial charge in [-0.15, -0.1) is 0 Å². The molecule has 12 heteroatoms. The van der Waals surface area contributed by atoms with E-state index in [1.165, 1.54) is 104 Å². The zero-order chi connectivity index (χ0) is 35.8. The van der Waals surface area contributed by atoms with Gasteiger partial charge in [0.05, 0.1) is 33.2 Å². The maximum atomic E-state index is 14.1. The Kier molecular flexibility index (Phi) is 8.27. The summed E-state index contributed by atoms with van der Waals surface area (Å²) in [5.41, 5.74) is 9.21. The molecule has 0 atom stereocenters. The highest BCUT2D eigenvalue weighted by Gasteiger charge is 2.23. The summed E-state index contributed by atoms with van der Waals surface area (Å²) in [6.07, 6.45) is 0. The van der Waals surface area contributed by atoms with Gasteiger partial charge in [-0.3, -0.25) is 0 Å². The quantitative estimate of drug-likeness (QED) is 0.161. The minimum atomic E-state index is -0.491. The van der Waals surface area contributed by atoms with E-state index in [4.69, 9.17) is 25.7 Å². The van der Waals surface area contributed by atoms with Gasteiger partial charge in [0.2, 0.25) is 0 Å². The van der Waals surface area contributed by atoms with E-state index in [0.29, 0.717) is 22.3 Å². The second kappa shape index (κ2) is 13.0. The topological polar surface area (TPSA) is 137 Å². The first-order valence-corrected chi connectivity index (χ1v) is 15.3. The summed E-state index contributed by atoms with van der Waals surface area (Å²) in [6, 6.07) is 26.1. The lowest BCUT2D eigenvalue weighted by Gasteiger charge is -2.16. The van der Waals surface area contributed by atoms with Crippen LogP contribution in [0.2, 0.25) is 0 Å². The first-order chi connectivity index (χ1) is 24.7. The van der Waals surface area contributed by atoms with Crippen molar-refractivity contribution in [3.05, 3.63) is 131 Å². The number of nitriles is 2. The summed E-state index contributed by atoms with van der Waals surface area (Å²) < 4.78 is 56.3. The highest BCUT2D eigenvalue weighted by atomic mass is 19.1. The minimum absolute atomic E-state index is 0.00913. The molecular formula is C39H22F4N8. The number of halogens is 4. The van der Waals surface area contributed by atoms with Crippen molar-refractivity contribution in [1.29, 1.82) is 10.5 Å². The van der Waals surface area contributed by atoms with Gasteiger partial charge < -0.3 is 11.1 Å². The fourth-order valence-corrected chi connectivity index (χ4v) is 5.81. The lowest BCUT2D eigenvalue weighted by atomic mass is 10.0. The smallest absolute Gasteiger partial charge is 0.125 e. The molecule has 51 heavy (non-hydrogen) atoms. The molecule has 0 fully saturated rings. The molecular weight excluding hydrogens is 656 g/mol. The van der Waals surface area contributed by atoms with E-state index in [0.717, 1.165) is 0 Å². The van der Waals surface area contributed by atoms with Gasteiger partial charge in [-0.2, -0.15) is 10.5 Å². The summed E-state index contributed by atoms with van der Waals surface area (Å²) >= 11 is 0. The van der Waals surface area contributed by atoms with Crippen molar-refractivity contribution in [3.63, 3.8) is 0 Å². The van der Waals surface area contributed by atoms with Crippen LogP contribution in [0.25, 0.3) is 78.5 Å². The number of fused-ring (bicyclic) bond motifs is 2. The lowest BCUT2D eigenvalue weighted by Crippen LogP contribution is -2.27. The number of benzene rings is 5. The Bertz CT molecular complexity index is 2560. The van der Waals surface area contributed by atoms with Crippen molar-refractivity contribution < 1.29 is 17.6 Å². The zero-order valence-electron chi connectivity index (χ0n) is 26.5. The number of hydrogen-bond donors (Lipinski definition) is 2. The molecule has 7 aromatic rings. The molecule has 0 amide bonds. The van der Waals surface area contributed by atoms with Crippen molar-refractivity contribution >= 4 is 33.5 Å². The van der Waals surface area contributed by atoms with Gasteiger partial charge >= 0.3 is 0 Å². The zero-order valence-corrected chi connectivity index (χ0v) is 26.5. The summed E-state index contributed by atoms with van der Waals surface area (Å²) in [7, 11) is 1.53. The normalized spacial score (nSPS) is 10.9. The molecule has 0 unspecified atom stereocenters. The molecule has 8 nitrogen and oxygen atoms in total. The first-order valence-electron chi connectivity index (χ1n) is 15.3. The fraction of sp³-hybridized carbons (Fsp3) is 0.0256. The van der Waals surface area contributed by atoms with E-state index < -0.39 is 23.3 Å².